The summed E-state index contributed by atoms with van der Waals surface area (Å²) in [6.45, 7) is 4.66. The van der Waals surface area contributed by atoms with Gasteiger partial charge in [0.1, 0.15) is 11.9 Å². The maximum Gasteiger partial charge on any atom is 0.191 e. The van der Waals surface area contributed by atoms with E-state index in [4.69, 9.17) is 11.6 Å². The topological polar surface area (TPSA) is 59.9 Å². The Balaban J connectivity index is 1.55. The van der Waals surface area contributed by atoms with Gasteiger partial charge in [0.25, 0.3) is 0 Å². The standard InChI is InChI=1S/C22H28ClFN4O/c1-2-25-22(26-15-21(29)19-8-3-4-9-20(19)23)27-17-10-12-28(13-11-17)18-7-5-6-16(24)14-18/h3-9,14,17,21,29H,2,10-13,15H2,1H3,(H2,25,26,27). The summed E-state index contributed by atoms with van der Waals surface area (Å²) >= 11 is 6.16. The van der Waals surface area contributed by atoms with Crippen LogP contribution in [0, 0.1) is 5.82 Å². The second kappa shape index (κ2) is 10.5. The first kappa shape index (κ1) is 21.4. The van der Waals surface area contributed by atoms with Crippen molar-refractivity contribution in [2.45, 2.75) is 31.9 Å². The van der Waals surface area contributed by atoms with Crippen LogP contribution in [-0.4, -0.2) is 43.3 Å². The van der Waals surface area contributed by atoms with Crippen molar-refractivity contribution in [1.29, 1.82) is 0 Å². The molecule has 5 nitrogen and oxygen atoms in total. The highest BCUT2D eigenvalue weighted by Gasteiger charge is 2.21. The Bertz CT molecular complexity index is 824. The third kappa shape index (κ3) is 6.08. The minimum Gasteiger partial charge on any atom is -0.386 e. The highest BCUT2D eigenvalue weighted by Crippen LogP contribution is 2.23. The van der Waals surface area contributed by atoms with Crippen molar-refractivity contribution < 1.29 is 9.50 Å². The van der Waals surface area contributed by atoms with Crippen LogP contribution >= 0.6 is 11.6 Å². The summed E-state index contributed by atoms with van der Waals surface area (Å²) < 4.78 is 13.5. The molecular weight excluding hydrogens is 391 g/mol. The number of aliphatic hydroxyl groups is 1. The summed E-state index contributed by atoms with van der Waals surface area (Å²) in [6, 6.07) is 14.3. The third-order valence-electron chi connectivity index (χ3n) is 5.04. The van der Waals surface area contributed by atoms with Gasteiger partial charge in [-0.2, -0.15) is 0 Å². The Morgan fingerprint density at radius 2 is 2.00 bits per heavy atom. The summed E-state index contributed by atoms with van der Waals surface area (Å²) in [5.41, 5.74) is 1.60. The van der Waals surface area contributed by atoms with Crippen LogP contribution in [0.15, 0.2) is 53.5 Å². The fraction of sp³-hybridized carbons (Fsp3) is 0.409. The number of hydrogen-bond donors (Lipinski definition) is 3. The average molecular weight is 419 g/mol. The first-order valence-electron chi connectivity index (χ1n) is 10.0. The van der Waals surface area contributed by atoms with E-state index >= 15 is 0 Å². The number of piperidine rings is 1. The molecule has 3 N–H and O–H groups in total. The van der Waals surface area contributed by atoms with Crippen molar-refractivity contribution in [3.05, 3.63) is 64.9 Å². The summed E-state index contributed by atoms with van der Waals surface area (Å²) in [5.74, 6) is 0.476. The van der Waals surface area contributed by atoms with Gasteiger partial charge >= 0.3 is 0 Å². The second-order valence-corrected chi connectivity index (χ2v) is 7.55. The van der Waals surface area contributed by atoms with Crippen LogP contribution in [0.5, 0.6) is 0 Å². The van der Waals surface area contributed by atoms with Crippen LogP contribution in [0.2, 0.25) is 5.02 Å². The fourth-order valence-corrected chi connectivity index (χ4v) is 3.75. The normalized spacial score (nSPS) is 16.6. The zero-order valence-corrected chi connectivity index (χ0v) is 17.4. The number of nitrogens with one attached hydrogen (secondary N) is 2. The van der Waals surface area contributed by atoms with Crippen molar-refractivity contribution in [3.8, 4) is 0 Å². The van der Waals surface area contributed by atoms with Gasteiger partial charge in [0, 0.05) is 41.9 Å². The van der Waals surface area contributed by atoms with Gasteiger partial charge in [-0.05, 0) is 44.0 Å². The fourth-order valence-electron chi connectivity index (χ4n) is 3.49. The number of hydrogen-bond acceptors (Lipinski definition) is 3. The summed E-state index contributed by atoms with van der Waals surface area (Å²) in [7, 11) is 0. The molecule has 1 atom stereocenters. The summed E-state index contributed by atoms with van der Waals surface area (Å²) in [6.07, 6.45) is 1.09. The van der Waals surface area contributed by atoms with Crippen molar-refractivity contribution in [3.63, 3.8) is 0 Å². The molecule has 1 unspecified atom stereocenters. The third-order valence-corrected chi connectivity index (χ3v) is 5.38. The lowest BCUT2D eigenvalue weighted by molar-refractivity contribution is 0.187. The van der Waals surface area contributed by atoms with Gasteiger partial charge < -0.3 is 20.6 Å². The monoisotopic (exact) mass is 418 g/mol. The van der Waals surface area contributed by atoms with Crippen LogP contribution < -0.4 is 15.5 Å². The van der Waals surface area contributed by atoms with Crippen LogP contribution in [0.4, 0.5) is 10.1 Å². The molecule has 0 bridgehead atoms. The first-order chi connectivity index (χ1) is 14.1. The zero-order valence-electron chi connectivity index (χ0n) is 16.6. The van der Waals surface area contributed by atoms with Crippen molar-refractivity contribution >= 4 is 23.2 Å². The lowest BCUT2D eigenvalue weighted by Crippen LogP contribution is -2.49. The summed E-state index contributed by atoms with van der Waals surface area (Å²) in [4.78, 5) is 6.74. The number of benzene rings is 2. The Morgan fingerprint density at radius 1 is 1.24 bits per heavy atom. The van der Waals surface area contributed by atoms with Gasteiger partial charge in [-0.15, -0.1) is 0 Å². The van der Waals surface area contributed by atoms with Gasteiger partial charge in [0.2, 0.25) is 0 Å². The number of aliphatic imine (C=N–C) groups is 1. The second-order valence-electron chi connectivity index (χ2n) is 7.14. The number of halogens is 2. The Labute approximate surface area is 176 Å². The maximum atomic E-state index is 13.5. The molecular formula is C22H28ClFN4O. The summed E-state index contributed by atoms with van der Waals surface area (Å²) in [5, 5.41) is 17.7. The quantitative estimate of drug-likeness (QED) is 0.494. The van der Waals surface area contributed by atoms with E-state index in [0.717, 1.165) is 38.2 Å². The molecule has 0 aliphatic carbocycles. The molecule has 29 heavy (non-hydrogen) atoms. The van der Waals surface area contributed by atoms with Crippen LogP contribution in [-0.2, 0) is 0 Å². The van der Waals surface area contributed by atoms with Crippen molar-refractivity contribution in [2.24, 2.45) is 4.99 Å². The SMILES string of the molecule is CCNC(=NCC(O)c1ccccc1Cl)NC1CCN(c2cccc(F)c2)CC1. The van der Waals surface area contributed by atoms with E-state index in [2.05, 4.69) is 20.5 Å². The molecule has 0 saturated carbocycles. The molecule has 0 spiro atoms. The molecule has 0 aromatic heterocycles. The maximum absolute atomic E-state index is 13.5. The lowest BCUT2D eigenvalue weighted by atomic mass is 10.0. The molecule has 2 aromatic rings. The number of guanidine groups is 1. The van der Waals surface area contributed by atoms with E-state index in [1.165, 1.54) is 6.07 Å². The largest absolute Gasteiger partial charge is 0.386 e. The molecule has 0 amide bonds. The molecule has 1 saturated heterocycles. The van der Waals surface area contributed by atoms with Crippen LogP contribution in [0.1, 0.15) is 31.4 Å². The molecule has 1 heterocycles. The van der Waals surface area contributed by atoms with Gasteiger partial charge in [0.05, 0.1) is 6.54 Å². The van der Waals surface area contributed by atoms with Crippen LogP contribution in [0.25, 0.3) is 0 Å². The predicted molar refractivity (Wildman–Crippen MR) is 117 cm³/mol. The number of anilines is 1. The number of nitrogens with zero attached hydrogens (tertiary/aromatic N) is 2. The highest BCUT2D eigenvalue weighted by atomic mass is 35.5. The molecule has 3 rings (SSSR count). The van der Waals surface area contributed by atoms with Crippen LogP contribution in [0.3, 0.4) is 0 Å². The first-order valence-corrected chi connectivity index (χ1v) is 10.4. The van der Waals surface area contributed by atoms with Gasteiger partial charge in [-0.3, -0.25) is 4.99 Å². The van der Waals surface area contributed by atoms with E-state index in [1.807, 2.05) is 31.2 Å². The molecule has 1 aliphatic heterocycles. The van der Waals surface area contributed by atoms with Gasteiger partial charge in [-0.1, -0.05) is 35.9 Å². The van der Waals surface area contributed by atoms with E-state index in [0.29, 0.717) is 16.5 Å². The Morgan fingerprint density at radius 3 is 2.69 bits per heavy atom. The number of aliphatic hydroxyl groups excluding tert-OH is 1. The van der Waals surface area contributed by atoms with E-state index < -0.39 is 6.10 Å². The molecule has 1 aliphatic rings. The minimum absolute atomic E-state index is 0.207. The zero-order chi connectivity index (χ0) is 20.6. The Kier molecular flexibility index (Phi) is 7.72. The Hall–Kier alpha value is -2.31. The molecule has 1 fully saturated rings. The highest BCUT2D eigenvalue weighted by molar-refractivity contribution is 6.31. The molecule has 2 aromatic carbocycles. The van der Waals surface area contributed by atoms with Gasteiger partial charge in [-0.25, -0.2) is 4.39 Å². The average Bonchev–Trinajstić information content (AvgIpc) is 2.73. The van der Waals surface area contributed by atoms with E-state index in [1.54, 1.807) is 18.2 Å². The predicted octanol–water partition coefficient (Wildman–Crippen LogP) is 3.74. The number of rotatable bonds is 6. The van der Waals surface area contributed by atoms with E-state index in [9.17, 15) is 9.50 Å². The van der Waals surface area contributed by atoms with Crippen molar-refractivity contribution in [2.75, 3.05) is 31.1 Å². The molecule has 156 valence electrons. The lowest BCUT2D eigenvalue weighted by Gasteiger charge is -2.34. The van der Waals surface area contributed by atoms with Crippen molar-refractivity contribution in [1.82, 2.24) is 10.6 Å². The molecule has 0 radical (unpaired) electrons. The molecule has 7 heteroatoms. The van der Waals surface area contributed by atoms with Gasteiger partial charge in [0.15, 0.2) is 5.96 Å². The smallest absolute Gasteiger partial charge is 0.191 e. The van der Waals surface area contributed by atoms with E-state index in [-0.39, 0.29) is 18.4 Å². The minimum atomic E-state index is -0.756.